The maximum atomic E-state index is 14.2. The summed E-state index contributed by atoms with van der Waals surface area (Å²) in [5.74, 6) is 1.70. The number of allylic oxidation sites excluding steroid dienone is 1. The van der Waals surface area contributed by atoms with Crippen molar-refractivity contribution < 1.29 is 38.8 Å². The van der Waals surface area contributed by atoms with Crippen molar-refractivity contribution in [1.29, 1.82) is 0 Å². The van der Waals surface area contributed by atoms with Crippen LogP contribution < -0.4 is 16.4 Å². The number of esters is 2. The Morgan fingerprint density at radius 2 is 2.00 bits per heavy atom. The van der Waals surface area contributed by atoms with Gasteiger partial charge >= 0.3 is 11.9 Å². The van der Waals surface area contributed by atoms with Crippen LogP contribution in [0.3, 0.4) is 0 Å². The number of ether oxygens (including phenoxy) is 3. The third-order valence-corrected chi connectivity index (χ3v) is 17.2. The summed E-state index contributed by atoms with van der Waals surface area (Å²) in [6.07, 6.45) is 9.74. The molecule has 6 fully saturated rings. The van der Waals surface area contributed by atoms with E-state index in [9.17, 15) is 24.6 Å². The Morgan fingerprint density at radius 1 is 1.18 bits per heavy atom. The van der Waals surface area contributed by atoms with E-state index in [1.54, 1.807) is 13.0 Å². The fraction of sp³-hybridized carbons (Fsp3) is 0.833. The number of amides is 1. The maximum Gasteiger partial charge on any atom is 0.334 e. The molecule has 14 atom stereocenters. The first kappa shape index (κ1) is 42.5. The summed E-state index contributed by atoms with van der Waals surface area (Å²) in [5.41, 5.74) is 6.74. The van der Waals surface area contributed by atoms with Gasteiger partial charge in [0.1, 0.15) is 17.3 Å². The van der Waals surface area contributed by atoms with Crippen molar-refractivity contribution in [3.05, 3.63) is 23.3 Å². The van der Waals surface area contributed by atoms with E-state index in [1.165, 1.54) is 5.57 Å². The SMILES string of the molecule is CC=C(C)C(=O)OC1(C)CC=C2CSSCC3C(CNC)CN3C(=O)CC3CNC(N)CC3C2C12CC1CC3CC(CC(CO)CCCO)C(=O)OC3CC1O2. The van der Waals surface area contributed by atoms with Gasteiger partial charge in [0, 0.05) is 87.1 Å². The molecule has 0 aromatic carbocycles. The molecule has 5 heterocycles. The van der Waals surface area contributed by atoms with E-state index in [4.69, 9.17) is 19.9 Å². The monoisotopic (exact) mass is 818 g/mol. The summed E-state index contributed by atoms with van der Waals surface area (Å²) in [6, 6.07) is 0.220. The van der Waals surface area contributed by atoms with Gasteiger partial charge in [-0.2, -0.15) is 0 Å². The molecule has 0 radical (unpaired) electrons. The topological polar surface area (TPSA) is 173 Å². The number of aliphatic hydroxyl groups is 2. The molecule has 1 spiro atoms. The second kappa shape index (κ2) is 17.9. The van der Waals surface area contributed by atoms with Crippen LogP contribution in [0.15, 0.2) is 23.3 Å². The van der Waals surface area contributed by atoms with Crippen molar-refractivity contribution >= 4 is 39.4 Å². The van der Waals surface area contributed by atoms with Gasteiger partial charge in [-0.3, -0.25) is 9.59 Å². The van der Waals surface area contributed by atoms with E-state index in [1.807, 2.05) is 35.6 Å². The van der Waals surface area contributed by atoms with Gasteiger partial charge in [-0.25, -0.2) is 4.79 Å². The number of hydrogen-bond acceptors (Lipinski definition) is 13. The number of nitrogens with one attached hydrogen (secondary N) is 2. The minimum atomic E-state index is -0.993. The largest absolute Gasteiger partial charge is 0.462 e. The molecule has 1 amide bonds. The minimum Gasteiger partial charge on any atom is -0.462 e. The van der Waals surface area contributed by atoms with Crippen LogP contribution in [0.4, 0.5) is 0 Å². The predicted octanol–water partition coefficient (Wildman–Crippen LogP) is 3.80. The average Bonchev–Trinajstić information content (AvgIpc) is 3.54. The van der Waals surface area contributed by atoms with E-state index in [0.717, 1.165) is 31.0 Å². The number of aliphatic hydroxyl groups excluding tert-OH is 2. The van der Waals surface area contributed by atoms with E-state index in [2.05, 4.69) is 28.5 Å². The van der Waals surface area contributed by atoms with Gasteiger partial charge in [0.2, 0.25) is 5.91 Å². The Morgan fingerprint density at radius 3 is 2.75 bits per heavy atom. The second-order valence-corrected chi connectivity index (χ2v) is 20.7. The van der Waals surface area contributed by atoms with Crippen molar-refractivity contribution in [3.63, 3.8) is 0 Å². The fourth-order valence-corrected chi connectivity index (χ4v) is 14.2. The summed E-state index contributed by atoms with van der Waals surface area (Å²) in [5, 5.41) is 26.3. The van der Waals surface area contributed by atoms with Crippen LogP contribution in [0.25, 0.3) is 0 Å². The molecule has 6 N–H and O–H groups in total. The average molecular weight is 819 g/mol. The number of piperidine rings is 1. The molecule has 14 heteroatoms. The Balaban J connectivity index is 1.22. The minimum absolute atomic E-state index is 0.0134. The lowest BCUT2D eigenvalue weighted by Gasteiger charge is -2.57. The smallest absolute Gasteiger partial charge is 0.334 e. The van der Waals surface area contributed by atoms with Gasteiger partial charge in [0.25, 0.3) is 0 Å². The number of fused-ring (bicyclic) bond motifs is 7. The molecule has 12 nitrogen and oxygen atoms in total. The molecule has 314 valence electrons. The molecule has 7 aliphatic rings. The predicted molar refractivity (Wildman–Crippen MR) is 218 cm³/mol. The van der Waals surface area contributed by atoms with Crippen LogP contribution in [0.5, 0.6) is 0 Å². The molecule has 14 unspecified atom stereocenters. The second-order valence-electron chi connectivity index (χ2n) is 18.2. The molecular weight excluding hydrogens is 753 g/mol. The number of carbonyl (C=O) groups is 3. The normalized spacial score (nSPS) is 42.0. The van der Waals surface area contributed by atoms with Gasteiger partial charge < -0.3 is 45.7 Å². The quantitative estimate of drug-likeness (QED) is 0.0935. The number of rotatable bonds is 10. The molecule has 0 bridgehead atoms. The summed E-state index contributed by atoms with van der Waals surface area (Å²) in [4.78, 5) is 43.6. The van der Waals surface area contributed by atoms with Crippen LogP contribution in [-0.2, 0) is 28.6 Å². The number of carbonyl (C=O) groups excluding carboxylic acids is 3. The van der Waals surface area contributed by atoms with Gasteiger partial charge in [-0.15, -0.1) is 0 Å². The summed E-state index contributed by atoms with van der Waals surface area (Å²) in [7, 11) is 5.68. The first-order valence-electron chi connectivity index (χ1n) is 21.3. The van der Waals surface area contributed by atoms with Crippen LogP contribution in [-0.4, -0.2) is 120 Å². The Labute approximate surface area is 341 Å². The summed E-state index contributed by atoms with van der Waals surface area (Å²) < 4.78 is 20.5. The van der Waals surface area contributed by atoms with Crippen LogP contribution in [0.2, 0.25) is 0 Å². The van der Waals surface area contributed by atoms with Crippen molar-refractivity contribution in [2.45, 2.75) is 121 Å². The summed E-state index contributed by atoms with van der Waals surface area (Å²) >= 11 is 0. The fourth-order valence-electron chi connectivity index (χ4n) is 11.7. The highest BCUT2D eigenvalue weighted by Crippen LogP contribution is 2.62. The lowest BCUT2D eigenvalue weighted by Crippen LogP contribution is -2.66. The number of nitrogens with zero attached hydrogens (tertiary/aromatic N) is 1. The van der Waals surface area contributed by atoms with Gasteiger partial charge in [-0.05, 0) is 102 Å². The molecule has 5 aliphatic heterocycles. The molecule has 7 rings (SSSR count). The van der Waals surface area contributed by atoms with Crippen LogP contribution >= 0.6 is 21.6 Å². The van der Waals surface area contributed by atoms with Crippen LogP contribution in [0.1, 0.15) is 85.0 Å². The zero-order chi connectivity index (χ0) is 39.8. The van der Waals surface area contributed by atoms with E-state index < -0.39 is 11.2 Å². The molecular formula is C42H66N4O8S2. The molecule has 2 aliphatic carbocycles. The van der Waals surface area contributed by atoms with Gasteiger partial charge in [-0.1, -0.05) is 39.3 Å². The zero-order valence-corrected chi connectivity index (χ0v) is 35.4. The molecule has 1 saturated carbocycles. The third kappa shape index (κ3) is 8.25. The first-order valence-corrected chi connectivity index (χ1v) is 23.8. The van der Waals surface area contributed by atoms with Crippen LogP contribution in [0, 0.1) is 47.3 Å². The molecule has 56 heavy (non-hydrogen) atoms. The maximum absolute atomic E-state index is 14.2. The number of nitrogens with two attached hydrogens (primary N) is 1. The van der Waals surface area contributed by atoms with Gasteiger partial charge in [0.15, 0.2) is 0 Å². The lowest BCUT2D eigenvalue weighted by atomic mass is 9.56. The Bertz CT molecular complexity index is 1520. The highest BCUT2D eigenvalue weighted by molar-refractivity contribution is 8.76. The zero-order valence-electron chi connectivity index (χ0n) is 33.8. The number of hydrogen-bond donors (Lipinski definition) is 5. The molecule has 0 aromatic heterocycles. The first-order chi connectivity index (χ1) is 26.9. The van der Waals surface area contributed by atoms with Crippen molar-refractivity contribution in [3.8, 4) is 0 Å². The van der Waals surface area contributed by atoms with E-state index in [-0.39, 0.29) is 96.9 Å². The van der Waals surface area contributed by atoms with Gasteiger partial charge in [0.05, 0.1) is 18.2 Å². The van der Waals surface area contributed by atoms with E-state index >= 15 is 0 Å². The Hall–Kier alpha value is -1.65. The van der Waals surface area contributed by atoms with Crippen molar-refractivity contribution in [2.24, 2.45) is 53.1 Å². The molecule has 0 aromatic rings. The standard InChI is InChI=1S/C42H66N4O8S2/c1-5-24(2)39(50)54-41(3)9-8-26-22-55-56-23-33-31(18-44-4)20-46(33)37(49)14-30-19-45-36(43)15-32(30)38(26)42(41)17-29-13-27-12-28(11-25(21-48)7-6-10-47)40(51)52-34(27)16-35(29)53-42/h5,8,25,27-36,38,44-45,47-48H,6-7,9-23,43H2,1-4H3. The highest BCUT2D eigenvalue weighted by Gasteiger charge is 2.68. The third-order valence-electron chi connectivity index (χ3n) is 14.9. The Kier molecular flexibility index (Phi) is 13.6. The van der Waals surface area contributed by atoms with E-state index in [0.29, 0.717) is 75.8 Å². The van der Waals surface area contributed by atoms with Crippen molar-refractivity contribution in [2.75, 3.05) is 51.4 Å². The summed E-state index contributed by atoms with van der Waals surface area (Å²) in [6.45, 7) is 8.07. The molecule has 5 saturated heterocycles. The highest BCUT2D eigenvalue weighted by atomic mass is 33.1. The lowest BCUT2D eigenvalue weighted by molar-refractivity contribution is -0.229. The van der Waals surface area contributed by atoms with Crippen molar-refractivity contribution in [1.82, 2.24) is 15.5 Å².